The van der Waals surface area contributed by atoms with Crippen molar-refractivity contribution in [2.24, 2.45) is 0 Å². The van der Waals surface area contributed by atoms with Gasteiger partial charge in [-0.15, -0.1) is 0 Å². The maximum absolute atomic E-state index is 13.1. The Balaban J connectivity index is 1.81. The van der Waals surface area contributed by atoms with Gasteiger partial charge in [0.15, 0.2) is 11.5 Å². The van der Waals surface area contributed by atoms with Crippen LogP contribution in [-0.2, 0) is 0 Å². The maximum Gasteiger partial charge on any atom is 0.245 e. The number of hydrogen-bond acceptors (Lipinski definition) is 4. The SMILES string of the molecule is [O-][n+]1cc(F)ccc1-c1n[nH]c2ccc(N3CCNCC3)cc12. The first-order valence-corrected chi connectivity index (χ1v) is 7.55. The van der Waals surface area contributed by atoms with Gasteiger partial charge in [0.25, 0.3) is 0 Å². The second-order valence-corrected chi connectivity index (χ2v) is 5.60. The molecule has 1 aromatic carbocycles. The number of anilines is 1. The molecule has 2 N–H and O–H groups in total. The zero-order valence-corrected chi connectivity index (χ0v) is 12.4. The summed E-state index contributed by atoms with van der Waals surface area (Å²) in [6, 6.07) is 8.76. The van der Waals surface area contributed by atoms with Crippen LogP contribution < -0.4 is 14.9 Å². The molecule has 0 radical (unpaired) electrons. The molecule has 3 aromatic rings. The molecule has 118 valence electrons. The van der Waals surface area contributed by atoms with Gasteiger partial charge < -0.3 is 15.4 Å². The summed E-state index contributed by atoms with van der Waals surface area (Å²) in [7, 11) is 0. The third-order valence-corrected chi connectivity index (χ3v) is 4.15. The Morgan fingerprint density at radius 1 is 1.17 bits per heavy atom. The van der Waals surface area contributed by atoms with Gasteiger partial charge in [-0.3, -0.25) is 5.10 Å². The third kappa shape index (κ3) is 2.49. The van der Waals surface area contributed by atoms with Crippen LogP contribution in [0.25, 0.3) is 22.3 Å². The second kappa shape index (κ2) is 5.51. The molecule has 0 bridgehead atoms. The summed E-state index contributed by atoms with van der Waals surface area (Å²) >= 11 is 0. The van der Waals surface area contributed by atoms with Crippen molar-refractivity contribution in [1.82, 2.24) is 15.5 Å². The summed E-state index contributed by atoms with van der Waals surface area (Å²) in [6.45, 7) is 3.79. The lowest BCUT2D eigenvalue weighted by atomic mass is 10.1. The van der Waals surface area contributed by atoms with Crippen molar-refractivity contribution < 1.29 is 9.12 Å². The topological polar surface area (TPSA) is 70.9 Å². The smallest absolute Gasteiger partial charge is 0.245 e. The van der Waals surface area contributed by atoms with Crippen LogP contribution in [0, 0.1) is 11.0 Å². The summed E-state index contributed by atoms with van der Waals surface area (Å²) in [6.07, 6.45) is 0.913. The molecule has 0 unspecified atom stereocenters. The molecule has 4 rings (SSSR count). The van der Waals surface area contributed by atoms with Gasteiger partial charge in [0.1, 0.15) is 0 Å². The number of hydrogen-bond donors (Lipinski definition) is 2. The van der Waals surface area contributed by atoms with Crippen molar-refractivity contribution in [1.29, 1.82) is 0 Å². The van der Waals surface area contributed by atoms with E-state index in [2.05, 4.69) is 20.4 Å². The minimum Gasteiger partial charge on any atom is -0.618 e. The first kappa shape index (κ1) is 14.0. The molecule has 0 amide bonds. The molecule has 6 nitrogen and oxygen atoms in total. The molecule has 0 spiro atoms. The van der Waals surface area contributed by atoms with Crippen LogP contribution in [0.1, 0.15) is 0 Å². The van der Waals surface area contributed by atoms with Crippen LogP contribution in [0.4, 0.5) is 10.1 Å². The highest BCUT2D eigenvalue weighted by atomic mass is 19.1. The highest BCUT2D eigenvalue weighted by Gasteiger charge is 2.18. The number of nitrogens with zero attached hydrogens (tertiary/aromatic N) is 3. The molecule has 2 aromatic heterocycles. The largest absolute Gasteiger partial charge is 0.618 e. The number of nitrogens with one attached hydrogen (secondary N) is 2. The standard InChI is InChI=1S/C16H16FN5O/c17-11-1-4-15(22(23)10-11)16-13-9-12(2-3-14(13)19-20-16)21-7-5-18-6-8-21/h1-4,9-10,18H,5-8H2,(H,19,20). The first-order valence-electron chi connectivity index (χ1n) is 7.55. The van der Waals surface area contributed by atoms with E-state index in [0.717, 1.165) is 49.0 Å². The number of rotatable bonds is 2. The van der Waals surface area contributed by atoms with E-state index in [1.54, 1.807) is 0 Å². The molecule has 7 heteroatoms. The van der Waals surface area contributed by atoms with E-state index in [1.165, 1.54) is 12.1 Å². The number of aromatic amines is 1. The van der Waals surface area contributed by atoms with Gasteiger partial charge in [-0.2, -0.15) is 9.83 Å². The zero-order valence-electron chi connectivity index (χ0n) is 12.4. The summed E-state index contributed by atoms with van der Waals surface area (Å²) in [5.74, 6) is -0.565. The third-order valence-electron chi connectivity index (χ3n) is 4.15. The molecule has 1 fully saturated rings. The Morgan fingerprint density at radius 2 is 2.00 bits per heavy atom. The molecule has 23 heavy (non-hydrogen) atoms. The number of fused-ring (bicyclic) bond motifs is 1. The summed E-state index contributed by atoms with van der Waals surface area (Å²) in [4.78, 5) is 2.29. The zero-order chi connectivity index (χ0) is 15.8. The highest BCUT2D eigenvalue weighted by Crippen LogP contribution is 2.28. The van der Waals surface area contributed by atoms with Crippen molar-refractivity contribution >= 4 is 16.6 Å². The Bertz CT molecular complexity index is 857. The normalized spacial score (nSPS) is 15.3. The van der Waals surface area contributed by atoms with Crippen LogP contribution in [0.15, 0.2) is 36.5 Å². The minimum absolute atomic E-state index is 0.329. The molecule has 1 saturated heterocycles. The Hall–Kier alpha value is -2.67. The Labute approximate surface area is 132 Å². The van der Waals surface area contributed by atoms with Gasteiger partial charge in [0.2, 0.25) is 11.9 Å². The van der Waals surface area contributed by atoms with Crippen molar-refractivity contribution in [3.63, 3.8) is 0 Å². The van der Waals surface area contributed by atoms with Gasteiger partial charge in [0.05, 0.1) is 5.52 Å². The number of piperazine rings is 1. The number of benzene rings is 1. The number of aromatic nitrogens is 3. The molecule has 1 aliphatic rings. The second-order valence-electron chi connectivity index (χ2n) is 5.60. The van der Waals surface area contributed by atoms with E-state index in [1.807, 2.05) is 18.2 Å². The summed E-state index contributed by atoms with van der Waals surface area (Å²) in [5.41, 5.74) is 2.81. The maximum atomic E-state index is 13.1. The Morgan fingerprint density at radius 3 is 2.78 bits per heavy atom. The van der Waals surface area contributed by atoms with Crippen LogP contribution in [0.3, 0.4) is 0 Å². The lowest BCUT2D eigenvalue weighted by Gasteiger charge is -2.29. The summed E-state index contributed by atoms with van der Waals surface area (Å²) < 4.78 is 13.7. The molecular weight excluding hydrogens is 297 g/mol. The number of pyridine rings is 1. The quantitative estimate of drug-likeness (QED) is 0.554. The number of halogens is 1. The predicted molar refractivity (Wildman–Crippen MR) is 85.5 cm³/mol. The van der Waals surface area contributed by atoms with Crippen LogP contribution in [0.2, 0.25) is 0 Å². The first-order chi connectivity index (χ1) is 11.2. The molecule has 1 aliphatic heterocycles. The van der Waals surface area contributed by atoms with E-state index in [0.29, 0.717) is 16.1 Å². The minimum atomic E-state index is -0.565. The monoisotopic (exact) mass is 313 g/mol. The Kier molecular flexibility index (Phi) is 3.34. The molecule has 3 heterocycles. The van der Waals surface area contributed by atoms with E-state index in [-0.39, 0.29) is 0 Å². The lowest BCUT2D eigenvalue weighted by molar-refractivity contribution is -0.595. The van der Waals surface area contributed by atoms with Gasteiger partial charge in [-0.05, 0) is 24.3 Å². The van der Waals surface area contributed by atoms with Crippen molar-refractivity contribution in [2.75, 3.05) is 31.1 Å². The van der Waals surface area contributed by atoms with Crippen molar-refractivity contribution in [3.8, 4) is 11.4 Å². The summed E-state index contributed by atoms with van der Waals surface area (Å²) in [5, 5.41) is 23.3. The van der Waals surface area contributed by atoms with Crippen LogP contribution in [-0.4, -0.2) is 36.4 Å². The van der Waals surface area contributed by atoms with Crippen molar-refractivity contribution in [3.05, 3.63) is 47.6 Å². The molecular formula is C16H16FN5O. The van der Waals surface area contributed by atoms with Gasteiger partial charge in [-0.25, -0.2) is 4.39 Å². The van der Waals surface area contributed by atoms with E-state index >= 15 is 0 Å². The van der Waals surface area contributed by atoms with Gasteiger partial charge >= 0.3 is 0 Å². The van der Waals surface area contributed by atoms with Crippen LogP contribution in [0.5, 0.6) is 0 Å². The van der Waals surface area contributed by atoms with Gasteiger partial charge in [-0.1, -0.05) is 0 Å². The molecule has 0 atom stereocenters. The van der Waals surface area contributed by atoms with E-state index in [9.17, 15) is 9.60 Å². The average Bonchev–Trinajstić information content (AvgIpc) is 2.99. The predicted octanol–water partition coefficient (Wildman–Crippen LogP) is 1.41. The number of H-pyrrole nitrogens is 1. The van der Waals surface area contributed by atoms with Crippen LogP contribution >= 0.6 is 0 Å². The lowest BCUT2D eigenvalue weighted by Crippen LogP contribution is -2.43. The average molecular weight is 313 g/mol. The fraction of sp³-hybridized carbons (Fsp3) is 0.250. The van der Waals surface area contributed by atoms with E-state index in [4.69, 9.17) is 0 Å². The fourth-order valence-electron chi connectivity index (χ4n) is 2.96. The molecule has 0 aliphatic carbocycles. The van der Waals surface area contributed by atoms with E-state index < -0.39 is 5.82 Å². The fourth-order valence-corrected chi connectivity index (χ4v) is 2.96. The van der Waals surface area contributed by atoms with Gasteiger partial charge in [0, 0.05) is 43.3 Å². The van der Waals surface area contributed by atoms with Crippen molar-refractivity contribution in [2.45, 2.75) is 0 Å². The highest BCUT2D eigenvalue weighted by molar-refractivity contribution is 5.93. The molecule has 0 saturated carbocycles.